The van der Waals surface area contributed by atoms with Crippen LogP contribution in [0.25, 0.3) is 5.69 Å². The molecule has 1 aromatic carbocycles. The second-order valence-electron chi connectivity index (χ2n) is 7.43. The number of likely N-dealkylation sites (N-methyl/N-ethyl adjacent to an activating group) is 1. The fourth-order valence-electron chi connectivity index (χ4n) is 3.37. The van der Waals surface area contributed by atoms with E-state index in [0.29, 0.717) is 29.4 Å². The number of rotatable bonds is 4. The van der Waals surface area contributed by atoms with Crippen molar-refractivity contribution in [3.63, 3.8) is 0 Å². The molecule has 0 unspecified atom stereocenters. The van der Waals surface area contributed by atoms with Crippen LogP contribution >= 0.6 is 0 Å². The molecule has 162 valence electrons. The molecule has 7 nitrogen and oxygen atoms in total. The van der Waals surface area contributed by atoms with Gasteiger partial charge in [0.15, 0.2) is 5.69 Å². The summed E-state index contributed by atoms with van der Waals surface area (Å²) in [6.45, 7) is 4.15. The first-order valence-corrected chi connectivity index (χ1v) is 9.65. The summed E-state index contributed by atoms with van der Waals surface area (Å²) in [6, 6.07) is 9.60. The molecule has 0 saturated carbocycles. The molecular weight excluding hydrogens is 409 g/mol. The standard InChI is InChI=1S/C21H21F3N6O/c1-12-19-16(29(3)13(2)20(31)27-19)10-18(26-12)25-11-14-4-6-15(7-5-14)30-9-8-17(28-30)21(22,23)24/h4-10,13H,11H2,1-3H3,(H,25,26)(H,27,31)/t13-/m0/s1. The smallest absolute Gasteiger partial charge is 0.366 e. The highest BCUT2D eigenvalue weighted by Crippen LogP contribution is 2.35. The highest BCUT2D eigenvalue weighted by molar-refractivity contribution is 6.04. The number of nitrogens with one attached hydrogen (secondary N) is 2. The van der Waals surface area contributed by atoms with Gasteiger partial charge in [0.2, 0.25) is 5.91 Å². The largest absolute Gasteiger partial charge is 0.435 e. The molecule has 4 rings (SSSR count). The topological polar surface area (TPSA) is 75.1 Å². The molecule has 2 N–H and O–H groups in total. The van der Waals surface area contributed by atoms with E-state index in [1.54, 1.807) is 12.1 Å². The number of hydrogen-bond acceptors (Lipinski definition) is 5. The Kier molecular flexibility index (Phi) is 5.08. The zero-order valence-electron chi connectivity index (χ0n) is 17.2. The van der Waals surface area contributed by atoms with Crippen molar-refractivity contribution in [2.24, 2.45) is 0 Å². The molecular formula is C21H21F3N6O. The number of nitrogens with zero attached hydrogens (tertiary/aromatic N) is 4. The highest BCUT2D eigenvalue weighted by Gasteiger charge is 2.33. The molecule has 1 amide bonds. The Hall–Kier alpha value is -3.56. The summed E-state index contributed by atoms with van der Waals surface area (Å²) in [5, 5.41) is 9.73. The Morgan fingerprint density at radius 3 is 2.55 bits per heavy atom. The second-order valence-corrected chi connectivity index (χ2v) is 7.43. The molecule has 0 radical (unpaired) electrons. The lowest BCUT2D eigenvalue weighted by Gasteiger charge is -2.34. The third-order valence-corrected chi connectivity index (χ3v) is 5.32. The molecule has 1 aliphatic rings. The third-order valence-electron chi connectivity index (χ3n) is 5.32. The van der Waals surface area contributed by atoms with Crippen LogP contribution in [-0.4, -0.2) is 33.8 Å². The SMILES string of the molecule is Cc1nc(NCc2ccc(-n3ccc(C(F)(F)F)n3)cc2)cc2c1NC(=O)[C@H](C)N2C. The highest BCUT2D eigenvalue weighted by atomic mass is 19.4. The van der Waals surface area contributed by atoms with Crippen LogP contribution in [0.5, 0.6) is 0 Å². The number of pyridine rings is 1. The van der Waals surface area contributed by atoms with Gasteiger partial charge in [-0.15, -0.1) is 0 Å². The van der Waals surface area contributed by atoms with Crippen LogP contribution < -0.4 is 15.5 Å². The van der Waals surface area contributed by atoms with Gasteiger partial charge in [-0.1, -0.05) is 12.1 Å². The number of alkyl halides is 3. The zero-order valence-corrected chi connectivity index (χ0v) is 17.2. The van der Waals surface area contributed by atoms with Crippen molar-refractivity contribution >= 4 is 23.1 Å². The van der Waals surface area contributed by atoms with Crippen molar-refractivity contribution in [2.75, 3.05) is 22.6 Å². The number of carbonyl (C=O) groups is 1. The van der Waals surface area contributed by atoms with E-state index in [-0.39, 0.29) is 11.9 Å². The Morgan fingerprint density at radius 1 is 1.19 bits per heavy atom. The molecule has 3 heterocycles. The summed E-state index contributed by atoms with van der Waals surface area (Å²) >= 11 is 0. The van der Waals surface area contributed by atoms with E-state index in [2.05, 4.69) is 20.7 Å². The lowest BCUT2D eigenvalue weighted by Crippen LogP contribution is -2.44. The average Bonchev–Trinajstić information content (AvgIpc) is 3.23. The predicted molar refractivity (Wildman–Crippen MR) is 111 cm³/mol. The third kappa shape index (κ3) is 4.05. The molecule has 31 heavy (non-hydrogen) atoms. The van der Waals surface area contributed by atoms with Crippen LogP contribution in [0.2, 0.25) is 0 Å². The van der Waals surface area contributed by atoms with Crippen LogP contribution in [0.15, 0.2) is 42.6 Å². The monoisotopic (exact) mass is 430 g/mol. The van der Waals surface area contributed by atoms with Crippen LogP contribution in [0.4, 0.5) is 30.4 Å². The molecule has 0 aliphatic carbocycles. The first-order valence-electron chi connectivity index (χ1n) is 9.65. The van der Waals surface area contributed by atoms with Crippen molar-refractivity contribution in [2.45, 2.75) is 32.6 Å². The quantitative estimate of drug-likeness (QED) is 0.655. The first kappa shape index (κ1) is 20.7. The summed E-state index contributed by atoms with van der Waals surface area (Å²) < 4.78 is 39.4. The minimum atomic E-state index is -4.47. The molecule has 3 aromatic rings. The zero-order chi connectivity index (χ0) is 22.3. The minimum absolute atomic E-state index is 0.0692. The van der Waals surface area contributed by atoms with E-state index in [1.807, 2.05) is 44.0 Å². The lowest BCUT2D eigenvalue weighted by molar-refractivity contribution is -0.141. The van der Waals surface area contributed by atoms with E-state index < -0.39 is 11.9 Å². The molecule has 0 fully saturated rings. The number of halogens is 3. The maximum atomic E-state index is 12.7. The number of aryl methyl sites for hydroxylation is 1. The van der Waals surface area contributed by atoms with E-state index in [0.717, 1.165) is 17.3 Å². The van der Waals surface area contributed by atoms with Gasteiger partial charge in [0.1, 0.15) is 11.9 Å². The van der Waals surface area contributed by atoms with E-state index in [4.69, 9.17) is 0 Å². The van der Waals surface area contributed by atoms with Gasteiger partial charge in [0, 0.05) is 25.9 Å². The fraction of sp³-hybridized carbons (Fsp3) is 0.286. The molecule has 1 atom stereocenters. The molecule has 0 saturated heterocycles. The van der Waals surface area contributed by atoms with Crippen LogP contribution in [0, 0.1) is 6.92 Å². The number of carbonyl (C=O) groups excluding carboxylic acids is 1. The maximum absolute atomic E-state index is 12.7. The van der Waals surface area contributed by atoms with Crippen molar-refractivity contribution in [3.05, 3.63) is 59.5 Å². The average molecular weight is 430 g/mol. The maximum Gasteiger partial charge on any atom is 0.435 e. The summed E-state index contributed by atoms with van der Waals surface area (Å²) in [5.41, 5.74) is 2.84. The number of anilines is 3. The van der Waals surface area contributed by atoms with Gasteiger partial charge >= 0.3 is 6.18 Å². The van der Waals surface area contributed by atoms with E-state index in [1.165, 1.54) is 10.9 Å². The summed E-state index contributed by atoms with van der Waals surface area (Å²) in [7, 11) is 1.86. The Balaban J connectivity index is 1.47. The van der Waals surface area contributed by atoms with Gasteiger partial charge in [0.05, 0.1) is 22.8 Å². The molecule has 0 spiro atoms. The van der Waals surface area contributed by atoms with Crippen molar-refractivity contribution in [1.29, 1.82) is 0 Å². The normalized spacial score (nSPS) is 16.1. The molecule has 0 bridgehead atoms. The van der Waals surface area contributed by atoms with E-state index in [9.17, 15) is 18.0 Å². The predicted octanol–water partition coefficient (Wildman–Crippen LogP) is 3.98. The van der Waals surface area contributed by atoms with Gasteiger partial charge in [-0.05, 0) is 37.6 Å². The molecule has 1 aliphatic heterocycles. The molecule has 2 aromatic heterocycles. The summed E-state index contributed by atoms with van der Waals surface area (Å²) in [6.07, 6.45) is -3.18. The Bertz CT molecular complexity index is 1120. The number of amides is 1. The van der Waals surface area contributed by atoms with Crippen LogP contribution in [-0.2, 0) is 17.5 Å². The molecule has 10 heteroatoms. The second kappa shape index (κ2) is 7.60. The van der Waals surface area contributed by atoms with Gasteiger partial charge in [-0.25, -0.2) is 9.67 Å². The first-order chi connectivity index (χ1) is 14.6. The van der Waals surface area contributed by atoms with Crippen molar-refractivity contribution in [3.8, 4) is 5.69 Å². The van der Waals surface area contributed by atoms with Crippen LogP contribution in [0.3, 0.4) is 0 Å². The summed E-state index contributed by atoms with van der Waals surface area (Å²) in [4.78, 5) is 18.5. The van der Waals surface area contributed by atoms with Gasteiger partial charge in [-0.3, -0.25) is 4.79 Å². The lowest BCUT2D eigenvalue weighted by atomic mass is 10.1. The van der Waals surface area contributed by atoms with Gasteiger partial charge in [-0.2, -0.15) is 18.3 Å². The van der Waals surface area contributed by atoms with Crippen LogP contribution in [0.1, 0.15) is 23.9 Å². The number of fused-ring (bicyclic) bond motifs is 1. The van der Waals surface area contributed by atoms with Gasteiger partial charge in [0.25, 0.3) is 0 Å². The number of aromatic nitrogens is 3. The van der Waals surface area contributed by atoms with Crippen molar-refractivity contribution in [1.82, 2.24) is 14.8 Å². The van der Waals surface area contributed by atoms with Gasteiger partial charge < -0.3 is 15.5 Å². The minimum Gasteiger partial charge on any atom is -0.366 e. The number of benzene rings is 1. The Labute approximate surface area is 176 Å². The Morgan fingerprint density at radius 2 is 1.90 bits per heavy atom. The number of hydrogen-bond donors (Lipinski definition) is 2. The summed E-state index contributed by atoms with van der Waals surface area (Å²) in [5.74, 6) is 0.595. The van der Waals surface area contributed by atoms with E-state index >= 15 is 0 Å². The van der Waals surface area contributed by atoms with Crippen molar-refractivity contribution < 1.29 is 18.0 Å². The fourth-order valence-corrected chi connectivity index (χ4v) is 3.37.